The van der Waals surface area contributed by atoms with E-state index < -0.39 is 0 Å². The zero-order valence-electron chi connectivity index (χ0n) is 30.9. The molecule has 0 amide bonds. The lowest BCUT2D eigenvalue weighted by Gasteiger charge is -2.34. The lowest BCUT2D eigenvalue weighted by atomic mass is 9.75. The number of nitrogens with zero attached hydrogens (tertiary/aromatic N) is 4. The van der Waals surface area contributed by atoms with E-state index in [1.54, 1.807) is 0 Å². The summed E-state index contributed by atoms with van der Waals surface area (Å²) in [7, 11) is 0. The average Bonchev–Trinajstić information content (AvgIpc) is 3.79. The van der Waals surface area contributed by atoms with Crippen molar-refractivity contribution in [2.24, 2.45) is 0 Å². The minimum Gasteiger partial charge on any atom is -0.458 e. The SMILES string of the molecule is CC1(C)c2ccc3cc2-n2[c-][n+](c4cccc1c42)-c1c(-c2ccccc2)cccc1-c1ccccc1-c1cccc(n1)-n1c2ccccc2c2ccc(cc21)O3. The third kappa shape index (κ3) is 4.31. The summed E-state index contributed by atoms with van der Waals surface area (Å²) in [4.78, 5) is 5.45. The second-order valence-electron chi connectivity index (χ2n) is 15.4. The number of hydrogen-bond acceptors (Lipinski definition) is 2. The minimum absolute atomic E-state index is 0.268. The maximum atomic E-state index is 6.79. The Morgan fingerprint density at radius 3 is 2.20 bits per heavy atom. The molecule has 10 aromatic rings. The predicted octanol–water partition coefficient (Wildman–Crippen LogP) is 11.9. The molecule has 0 atom stereocenters. The van der Waals surface area contributed by atoms with E-state index in [0.29, 0.717) is 0 Å². The van der Waals surface area contributed by atoms with Gasteiger partial charge in [0.15, 0.2) is 0 Å². The summed E-state index contributed by atoms with van der Waals surface area (Å²) in [6, 6.07) is 60.5. The number of hydrogen-bond donors (Lipinski definition) is 0. The van der Waals surface area contributed by atoms with E-state index in [9.17, 15) is 0 Å². The summed E-state index contributed by atoms with van der Waals surface area (Å²) in [5.41, 5.74) is 15.1. The van der Waals surface area contributed by atoms with Crippen molar-refractivity contribution in [3.05, 3.63) is 187 Å². The molecule has 2 aliphatic heterocycles. The fourth-order valence-electron chi connectivity index (χ4n) is 9.32. The van der Waals surface area contributed by atoms with Crippen LogP contribution in [0.25, 0.3) is 83.5 Å². The normalized spacial score (nSPS) is 13.5. The van der Waals surface area contributed by atoms with Gasteiger partial charge in [-0.15, -0.1) is 0 Å². The van der Waals surface area contributed by atoms with E-state index in [2.05, 4.69) is 204 Å². The van der Waals surface area contributed by atoms with Crippen LogP contribution in [0.3, 0.4) is 0 Å². The van der Waals surface area contributed by atoms with Gasteiger partial charge in [-0.1, -0.05) is 135 Å². The Labute approximate surface area is 324 Å². The van der Waals surface area contributed by atoms with Crippen LogP contribution in [0.15, 0.2) is 170 Å². The van der Waals surface area contributed by atoms with Gasteiger partial charge in [-0.3, -0.25) is 13.7 Å². The van der Waals surface area contributed by atoms with Crippen molar-refractivity contribution >= 4 is 32.8 Å². The number of imidazole rings is 1. The maximum Gasteiger partial charge on any atom is 0.269 e. The van der Waals surface area contributed by atoms with Crippen LogP contribution in [0.4, 0.5) is 0 Å². The van der Waals surface area contributed by atoms with Crippen molar-refractivity contribution in [1.82, 2.24) is 14.1 Å². The van der Waals surface area contributed by atoms with Crippen LogP contribution in [0.1, 0.15) is 25.0 Å². The number of pyridine rings is 1. The highest BCUT2D eigenvalue weighted by Gasteiger charge is 2.35. The van der Waals surface area contributed by atoms with Crippen molar-refractivity contribution in [1.29, 1.82) is 0 Å². The van der Waals surface area contributed by atoms with Crippen molar-refractivity contribution in [3.8, 4) is 62.2 Å². The molecule has 5 heterocycles. The fraction of sp³-hybridized carbons (Fsp3) is 0.0588. The topological polar surface area (TPSA) is 35.9 Å². The molecule has 5 nitrogen and oxygen atoms in total. The molecular weight excluding hydrogens is 685 g/mol. The Kier molecular flexibility index (Phi) is 6.33. The van der Waals surface area contributed by atoms with Gasteiger partial charge in [0.25, 0.3) is 6.33 Å². The maximum absolute atomic E-state index is 6.79. The van der Waals surface area contributed by atoms with Gasteiger partial charge < -0.3 is 4.74 Å². The molecule has 264 valence electrons. The number of aromatic nitrogens is 4. The van der Waals surface area contributed by atoms with Crippen molar-refractivity contribution in [2.45, 2.75) is 19.3 Å². The Balaban J connectivity index is 1.25. The fourth-order valence-corrected chi connectivity index (χ4v) is 9.32. The van der Waals surface area contributed by atoms with Crippen molar-refractivity contribution in [2.75, 3.05) is 0 Å². The number of rotatable bonds is 1. The van der Waals surface area contributed by atoms with Crippen LogP contribution in [-0.4, -0.2) is 14.1 Å². The summed E-state index contributed by atoms with van der Waals surface area (Å²) < 4.78 is 13.6. The monoisotopic (exact) mass is 718 g/mol. The first kappa shape index (κ1) is 31.1. The lowest BCUT2D eigenvalue weighted by Crippen LogP contribution is -2.31. The first-order chi connectivity index (χ1) is 27.5. The van der Waals surface area contributed by atoms with Gasteiger partial charge in [0.2, 0.25) is 0 Å². The summed E-state index contributed by atoms with van der Waals surface area (Å²) >= 11 is 0. The molecule has 5 heteroatoms. The standard InChI is InChI=1S/C51H34N4O/c1-51(2)41-28-26-34-30-47(41)54-31-53(45-23-11-20-42(51)50(45)54)49-35(32-13-4-3-5-14-32)18-10-19-40(49)36-15-6-7-16-37(36)43-21-12-24-48(52-43)55-44-22-9-8-17-38(44)39-27-25-33(56-34)29-46(39)55/h3-30H,1-2H3. The number of fused-ring (bicyclic) bond motifs is 15. The number of ether oxygens (including phenoxy) is 1. The minimum atomic E-state index is -0.268. The Morgan fingerprint density at radius 1 is 0.571 bits per heavy atom. The highest BCUT2D eigenvalue weighted by molar-refractivity contribution is 6.09. The molecule has 0 N–H and O–H groups in total. The van der Waals surface area contributed by atoms with Gasteiger partial charge in [0.1, 0.15) is 17.3 Å². The molecule has 8 bridgehead atoms. The van der Waals surface area contributed by atoms with Crippen LogP contribution in [0.5, 0.6) is 11.5 Å². The molecular formula is C51H34N4O. The number of para-hydroxylation sites is 3. The predicted molar refractivity (Wildman–Crippen MR) is 224 cm³/mol. The second-order valence-corrected chi connectivity index (χ2v) is 15.4. The molecule has 12 rings (SSSR count). The molecule has 0 unspecified atom stereocenters. The Morgan fingerprint density at radius 2 is 1.29 bits per heavy atom. The molecule has 3 aromatic heterocycles. The molecule has 0 radical (unpaired) electrons. The van der Waals surface area contributed by atoms with E-state index >= 15 is 0 Å². The van der Waals surface area contributed by atoms with Crippen LogP contribution in [0, 0.1) is 6.33 Å². The van der Waals surface area contributed by atoms with Gasteiger partial charge in [-0.2, -0.15) is 0 Å². The summed E-state index contributed by atoms with van der Waals surface area (Å²) in [5.74, 6) is 2.37. The highest BCUT2D eigenvalue weighted by Crippen LogP contribution is 2.46. The molecule has 0 saturated carbocycles. The highest BCUT2D eigenvalue weighted by atomic mass is 16.5. The van der Waals surface area contributed by atoms with Gasteiger partial charge in [-0.05, 0) is 75.8 Å². The van der Waals surface area contributed by atoms with Crippen LogP contribution in [0.2, 0.25) is 0 Å². The van der Waals surface area contributed by atoms with Crippen molar-refractivity contribution < 1.29 is 9.30 Å². The van der Waals surface area contributed by atoms with E-state index in [0.717, 1.165) is 89.7 Å². The van der Waals surface area contributed by atoms with E-state index in [-0.39, 0.29) is 5.41 Å². The largest absolute Gasteiger partial charge is 0.458 e. The quantitative estimate of drug-likeness (QED) is 0.125. The number of benzene rings is 7. The van der Waals surface area contributed by atoms with Gasteiger partial charge in [-0.25, -0.2) is 4.98 Å². The third-order valence-electron chi connectivity index (χ3n) is 11.9. The zero-order chi connectivity index (χ0) is 37.1. The summed E-state index contributed by atoms with van der Waals surface area (Å²) in [5, 5.41) is 2.32. The van der Waals surface area contributed by atoms with Gasteiger partial charge >= 0.3 is 0 Å². The van der Waals surface area contributed by atoms with Crippen molar-refractivity contribution in [3.63, 3.8) is 0 Å². The molecule has 0 fully saturated rings. The van der Waals surface area contributed by atoms with Crippen LogP contribution in [-0.2, 0) is 5.41 Å². The second kappa shape index (κ2) is 11.4. The molecule has 2 aliphatic rings. The Hall–Kier alpha value is -7.24. The van der Waals surface area contributed by atoms with Crippen LogP contribution >= 0.6 is 0 Å². The van der Waals surface area contributed by atoms with Gasteiger partial charge in [0.05, 0.1) is 39.1 Å². The smallest absolute Gasteiger partial charge is 0.269 e. The molecule has 0 spiro atoms. The summed E-state index contributed by atoms with van der Waals surface area (Å²) in [6.45, 7) is 4.65. The summed E-state index contributed by atoms with van der Waals surface area (Å²) in [6.07, 6.45) is 3.92. The lowest BCUT2D eigenvalue weighted by molar-refractivity contribution is -0.571. The van der Waals surface area contributed by atoms with E-state index in [1.165, 1.54) is 16.5 Å². The van der Waals surface area contributed by atoms with E-state index in [1.807, 2.05) is 0 Å². The average molecular weight is 719 g/mol. The molecule has 7 aromatic carbocycles. The molecule has 56 heavy (non-hydrogen) atoms. The molecule has 0 saturated heterocycles. The first-order valence-corrected chi connectivity index (χ1v) is 19.1. The van der Waals surface area contributed by atoms with Crippen LogP contribution < -0.4 is 9.30 Å². The molecule has 0 aliphatic carbocycles. The first-order valence-electron chi connectivity index (χ1n) is 19.1. The van der Waals surface area contributed by atoms with Gasteiger partial charge in [0, 0.05) is 27.8 Å². The third-order valence-corrected chi connectivity index (χ3v) is 11.9. The Bertz CT molecular complexity index is 3260. The zero-order valence-corrected chi connectivity index (χ0v) is 30.9. The van der Waals surface area contributed by atoms with E-state index in [4.69, 9.17) is 9.72 Å².